The lowest BCUT2D eigenvalue weighted by Crippen LogP contribution is -2.46. The largest absolute Gasteiger partial charge is 0.461 e. The van der Waals surface area contributed by atoms with Crippen LogP contribution in [0.25, 0.3) is 11.0 Å². The highest BCUT2D eigenvalue weighted by atomic mass is 16.3. The monoisotopic (exact) mass is 355 g/mol. The number of fused-ring (bicyclic) bond motifs is 1. The van der Waals surface area contributed by atoms with Crippen LogP contribution >= 0.6 is 0 Å². The number of hydrogen-bond acceptors (Lipinski definition) is 4. The summed E-state index contributed by atoms with van der Waals surface area (Å²) in [6, 6.07) is 7.70. The van der Waals surface area contributed by atoms with Gasteiger partial charge in [0.05, 0.1) is 6.67 Å². The number of rotatable bonds is 6. The molecule has 1 aliphatic carbocycles. The van der Waals surface area contributed by atoms with E-state index < -0.39 is 5.54 Å². The molecule has 2 fully saturated rings. The van der Waals surface area contributed by atoms with Gasteiger partial charge in [-0.3, -0.25) is 9.69 Å². The maximum absolute atomic E-state index is 12.8. The number of aryl methyl sites for hydroxylation is 1. The molecule has 1 aromatic carbocycles. The van der Waals surface area contributed by atoms with Gasteiger partial charge in [0.15, 0.2) is 0 Å². The SMILES string of the molecule is CCc1oc2ccccc2c1CN(C)CN1C(=O)N[C@@](C)(C2CC2)C1=O. The third-order valence-corrected chi connectivity index (χ3v) is 5.61. The summed E-state index contributed by atoms with van der Waals surface area (Å²) >= 11 is 0. The highest BCUT2D eigenvalue weighted by Crippen LogP contribution is 2.42. The minimum Gasteiger partial charge on any atom is -0.461 e. The molecule has 0 unspecified atom stereocenters. The van der Waals surface area contributed by atoms with E-state index in [4.69, 9.17) is 4.42 Å². The summed E-state index contributed by atoms with van der Waals surface area (Å²) in [4.78, 5) is 28.5. The van der Waals surface area contributed by atoms with E-state index >= 15 is 0 Å². The molecule has 1 atom stereocenters. The molecule has 1 saturated heterocycles. The van der Waals surface area contributed by atoms with Crippen LogP contribution in [0.4, 0.5) is 4.79 Å². The first-order valence-electron chi connectivity index (χ1n) is 9.26. The van der Waals surface area contributed by atoms with Gasteiger partial charge in [0, 0.05) is 23.9 Å². The molecule has 138 valence electrons. The van der Waals surface area contributed by atoms with Gasteiger partial charge in [0.2, 0.25) is 0 Å². The number of carbonyl (C=O) groups is 2. The smallest absolute Gasteiger partial charge is 0.326 e. The zero-order chi connectivity index (χ0) is 18.5. The number of urea groups is 1. The highest BCUT2D eigenvalue weighted by Gasteiger charge is 2.56. The molecule has 2 heterocycles. The predicted octanol–water partition coefficient (Wildman–Crippen LogP) is 3.11. The Bertz CT molecular complexity index is 870. The van der Waals surface area contributed by atoms with Gasteiger partial charge in [-0.15, -0.1) is 0 Å². The molecular formula is C20H25N3O3. The third-order valence-electron chi connectivity index (χ3n) is 5.61. The predicted molar refractivity (Wildman–Crippen MR) is 98.4 cm³/mol. The van der Waals surface area contributed by atoms with Gasteiger partial charge in [-0.25, -0.2) is 9.69 Å². The second-order valence-corrected chi connectivity index (χ2v) is 7.65. The summed E-state index contributed by atoms with van der Waals surface area (Å²) in [5.74, 6) is 1.13. The van der Waals surface area contributed by atoms with E-state index in [9.17, 15) is 9.59 Å². The van der Waals surface area contributed by atoms with Gasteiger partial charge >= 0.3 is 6.03 Å². The fraction of sp³-hybridized carbons (Fsp3) is 0.500. The fourth-order valence-corrected chi connectivity index (χ4v) is 3.95. The Kier molecular flexibility index (Phi) is 4.03. The quantitative estimate of drug-likeness (QED) is 0.809. The first-order valence-corrected chi connectivity index (χ1v) is 9.26. The Morgan fingerprint density at radius 2 is 2.04 bits per heavy atom. The topological polar surface area (TPSA) is 65.8 Å². The summed E-state index contributed by atoms with van der Waals surface area (Å²) in [7, 11) is 1.93. The number of benzene rings is 1. The van der Waals surface area contributed by atoms with Gasteiger partial charge in [-0.05, 0) is 38.8 Å². The molecule has 6 nitrogen and oxygen atoms in total. The Balaban J connectivity index is 1.52. The van der Waals surface area contributed by atoms with Crippen molar-refractivity contribution in [3.8, 4) is 0 Å². The summed E-state index contributed by atoms with van der Waals surface area (Å²) < 4.78 is 5.95. The van der Waals surface area contributed by atoms with E-state index in [0.717, 1.165) is 41.6 Å². The maximum Gasteiger partial charge on any atom is 0.326 e. The number of furan rings is 1. The Hall–Kier alpha value is -2.34. The molecule has 1 aliphatic heterocycles. The van der Waals surface area contributed by atoms with Crippen molar-refractivity contribution in [1.82, 2.24) is 15.1 Å². The fourth-order valence-electron chi connectivity index (χ4n) is 3.95. The molecule has 1 aromatic heterocycles. The van der Waals surface area contributed by atoms with Crippen molar-refractivity contribution in [2.75, 3.05) is 13.7 Å². The molecule has 26 heavy (non-hydrogen) atoms. The van der Waals surface area contributed by atoms with Crippen LogP contribution in [0.15, 0.2) is 28.7 Å². The number of para-hydroxylation sites is 1. The van der Waals surface area contributed by atoms with Crippen LogP contribution in [-0.2, 0) is 17.8 Å². The number of imide groups is 1. The number of amides is 3. The van der Waals surface area contributed by atoms with Crippen molar-refractivity contribution in [3.63, 3.8) is 0 Å². The van der Waals surface area contributed by atoms with Crippen LogP contribution in [0.3, 0.4) is 0 Å². The van der Waals surface area contributed by atoms with E-state index in [-0.39, 0.29) is 24.5 Å². The molecule has 0 bridgehead atoms. The van der Waals surface area contributed by atoms with Crippen LogP contribution in [0.1, 0.15) is 38.0 Å². The van der Waals surface area contributed by atoms with E-state index in [1.165, 1.54) is 4.90 Å². The van der Waals surface area contributed by atoms with Crippen molar-refractivity contribution in [1.29, 1.82) is 0 Å². The number of nitrogens with one attached hydrogen (secondary N) is 1. The molecule has 1 saturated carbocycles. The van der Waals surface area contributed by atoms with Crippen molar-refractivity contribution in [3.05, 3.63) is 35.6 Å². The van der Waals surface area contributed by atoms with Crippen molar-refractivity contribution in [2.45, 2.75) is 45.2 Å². The van der Waals surface area contributed by atoms with E-state index in [0.29, 0.717) is 6.54 Å². The minimum absolute atomic E-state index is 0.107. The molecular weight excluding hydrogens is 330 g/mol. The van der Waals surface area contributed by atoms with Crippen LogP contribution in [0, 0.1) is 5.92 Å². The average Bonchev–Trinajstić information content (AvgIpc) is 3.39. The molecule has 0 radical (unpaired) electrons. The van der Waals surface area contributed by atoms with Gasteiger partial charge in [0.25, 0.3) is 5.91 Å². The molecule has 3 amide bonds. The molecule has 2 aliphatic rings. The lowest BCUT2D eigenvalue weighted by molar-refractivity contribution is -0.132. The Morgan fingerprint density at radius 3 is 2.73 bits per heavy atom. The average molecular weight is 355 g/mol. The lowest BCUT2D eigenvalue weighted by Gasteiger charge is -2.24. The molecule has 4 rings (SSSR count). The van der Waals surface area contributed by atoms with Crippen molar-refractivity contribution in [2.24, 2.45) is 5.92 Å². The number of carbonyl (C=O) groups excluding carboxylic acids is 2. The molecule has 6 heteroatoms. The van der Waals surface area contributed by atoms with E-state index in [2.05, 4.69) is 18.3 Å². The van der Waals surface area contributed by atoms with Gasteiger partial charge in [-0.2, -0.15) is 0 Å². The Labute approximate surface area is 153 Å². The molecule has 2 aromatic rings. The number of nitrogens with zero attached hydrogens (tertiary/aromatic N) is 2. The van der Waals surface area contributed by atoms with Crippen LogP contribution in [0.5, 0.6) is 0 Å². The Morgan fingerprint density at radius 1 is 1.31 bits per heavy atom. The van der Waals surface area contributed by atoms with Gasteiger partial charge in [0.1, 0.15) is 16.9 Å². The van der Waals surface area contributed by atoms with Crippen LogP contribution < -0.4 is 5.32 Å². The summed E-state index contributed by atoms with van der Waals surface area (Å²) in [5, 5.41) is 3.99. The zero-order valence-corrected chi connectivity index (χ0v) is 15.5. The number of hydrogen-bond donors (Lipinski definition) is 1. The molecule has 1 N–H and O–H groups in total. The first kappa shape index (κ1) is 17.1. The lowest BCUT2D eigenvalue weighted by atomic mass is 9.96. The summed E-state index contributed by atoms with van der Waals surface area (Å²) in [6.45, 7) is 4.82. The van der Waals surface area contributed by atoms with Crippen molar-refractivity contribution >= 4 is 22.9 Å². The van der Waals surface area contributed by atoms with Gasteiger partial charge in [-0.1, -0.05) is 25.1 Å². The summed E-state index contributed by atoms with van der Waals surface area (Å²) in [5.41, 5.74) is 1.28. The van der Waals surface area contributed by atoms with E-state index in [1.807, 2.05) is 37.1 Å². The summed E-state index contributed by atoms with van der Waals surface area (Å²) in [6.07, 6.45) is 2.82. The van der Waals surface area contributed by atoms with Crippen LogP contribution in [0.2, 0.25) is 0 Å². The zero-order valence-electron chi connectivity index (χ0n) is 15.5. The van der Waals surface area contributed by atoms with Gasteiger partial charge < -0.3 is 9.73 Å². The third kappa shape index (κ3) is 2.69. The second-order valence-electron chi connectivity index (χ2n) is 7.65. The maximum atomic E-state index is 12.8. The minimum atomic E-state index is -0.727. The first-order chi connectivity index (χ1) is 12.4. The van der Waals surface area contributed by atoms with Crippen LogP contribution in [-0.4, -0.2) is 41.0 Å². The van der Waals surface area contributed by atoms with E-state index in [1.54, 1.807) is 0 Å². The van der Waals surface area contributed by atoms with Crippen molar-refractivity contribution < 1.29 is 14.0 Å². The second kappa shape index (κ2) is 6.13. The molecule has 0 spiro atoms. The standard InChI is InChI=1S/C20H25N3O3/c1-4-16-15(14-7-5-6-8-17(14)26-16)11-22(3)12-23-18(24)20(2,13-9-10-13)21-19(23)25/h5-8,13H,4,9-12H2,1-3H3,(H,21,25)/t20-/m0/s1. The highest BCUT2D eigenvalue weighted by molar-refractivity contribution is 6.07. The normalized spacial score (nSPS) is 23.3.